The molecule has 0 spiro atoms. The van der Waals surface area contributed by atoms with Crippen molar-refractivity contribution in [3.63, 3.8) is 0 Å². The number of rotatable bonds is 6. The third-order valence-corrected chi connectivity index (χ3v) is 3.81. The van der Waals surface area contributed by atoms with Crippen molar-refractivity contribution >= 4 is 28.1 Å². The number of amides is 1. The van der Waals surface area contributed by atoms with Crippen LogP contribution < -0.4 is 14.9 Å². The van der Waals surface area contributed by atoms with Crippen molar-refractivity contribution in [2.24, 2.45) is 5.10 Å². The summed E-state index contributed by atoms with van der Waals surface area (Å²) >= 11 is 3.45. The van der Waals surface area contributed by atoms with Crippen LogP contribution in [-0.4, -0.2) is 25.8 Å². The zero-order valence-electron chi connectivity index (χ0n) is 13.8. The molecule has 0 bridgehead atoms. The van der Waals surface area contributed by atoms with Gasteiger partial charge >= 0.3 is 0 Å². The topological polar surface area (TPSA) is 59.9 Å². The molecule has 2 aromatic rings. The lowest BCUT2D eigenvalue weighted by atomic mass is 10.1. The van der Waals surface area contributed by atoms with Gasteiger partial charge in [-0.2, -0.15) is 5.10 Å². The zero-order valence-corrected chi connectivity index (χ0v) is 15.4. The van der Waals surface area contributed by atoms with Crippen LogP contribution in [0, 0.1) is 13.8 Å². The van der Waals surface area contributed by atoms with E-state index in [1.165, 1.54) is 0 Å². The van der Waals surface area contributed by atoms with Crippen molar-refractivity contribution in [1.82, 2.24) is 5.43 Å². The van der Waals surface area contributed by atoms with E-state index in [-0.39, 0.29) is 12.5 Å². The van der Waals surface area contributed by atoms with Crippen molar-refractivity contribution in [3.8, 4) is 11.5 Å². The molecule has 0 fully saturated rings. The Morgan fingerprint density at radius 3 is 2.79 bits per heavy atom. The summed E-state index contributed by atoms with van der Waals surface area (Å²) in [6.45, 7) is 3.82. The number of carbonyl (C=O) groups excluding carboxylic acids is 1. The number of methoxy groups -OCH3 is 1. The number of benzene rings is 2. The van der Waals surface area contributed by atoms with E-state index in [2.05, 4.69) is 26.5 Å². The molecule has 0 heterocycles. The fourth-order valence-corrected chi connectivity index (χ4v) is 2.94. The highest BCUT2D eigenvalue weighted by Gasteiger charge is 2.08. The van der Waals surface area contributed by atoms with Gasteiger partial charge < -0.3 is 9.47 Å². The predicted octanol–water partition coefficient (Wildman–Crippen LogP) is 3.60. The average molecular weight is 391 g/mol. The van der Waals surface area contributed by atoms with Crippen molar-refractivity contribution in [3.05, 3.63) is 57.6 Å². The van der Waals surface area contributed by atoms with Crippen LogP contribution in [0.15, 0.2) is 46.0 Å². The van der Waals surface area contributed by atoms with Gasteiger partial charge in [0.25, 0.3) is 5.91 Å². The smallest absolute Gasteiger partial charge is 0.277 e. The van der Waals surface area contributed by atoms with Gasteiger partial charge in [-0.15, -0.1) is 0 Å². The molecule has 0 aliphatic heterocycles. The van der Waals surface area contributed by atoms with Crippen LogP contribution in [0.1, 0.15) is 16.7 Å². The Morgan fingerprint density at radius 1 is 1.29 bits per heavy atom. The summed E-state index contributed by atoms with van der Waals surface area (Å²) in [6.07, 6.45) is 1.55. The van der Waals surface area contributed by atoms with Gasteiger partial charge in [0.05, 0.1) is 17.8 Å². The molecular weight excluding hydrogens is 372 g/mol. The molecule has 0 saturated heterocycles. The molecule has 0 radical (unpaired) electrons. The van der Waals surface area contributed by atoms with Crippen molar-refractivity contribution < 1.29 is 14.3 Å². The Balaban J connectivity index is 1.89. The third-order valence-electron chi connectivity index (χ3n) is 3.22. The van der Waals surface area contributed by atoms with Crippen LogP contribution in [0.4, 0.5) is 0 Å². The van der Waals surface area contributed by atoms with Crippen LogP contribution in [0.2, 0.25) is 0 Å². The van der Waals surface area contributed by atoms with Gasteiger partial charge in [0.15, 0.2) is 6.61 Å². The Morgan fingerprint density at radius 2 is 2.08 bits per heavy atom. The lowest BCUT2D eigenvalue weighted by Gasteiger charge is -2.11. The Hall–Kier alpha value is -2.34. The Kier molecular flexibility index (Phi) is 6.37. The normalized spacial score (nSPS) is 10.7. The number of aryl methyl sites for hydroxylation is 2. The third kappa shape index (κ3) is 5.09. The number of nitrogens with one attached hydrogen (secondary N) is 1. The molecule has 0 aromatic heterocycles. The predicted molar refractivity (Wildman–Crippen MR) is 97.8 cm³/mol. The molecule has 6 heteroatoms. The summed E-state index contributed by atoms with van der Waals surface area (Å²) in [5.74, 6) is 1.06. The van der Waals surface area contributed by atoms with E-state index >= 15 is 0 Å². The highest BCUT2D eigenvalue weighted by molar-refractivity contribution is 9.10. The van der Waals surface area contributed by atoms with Crippen LogP contribution >= 0.6 is 15.9 Å². The molecule has 1 amide bonds. The van der Waals surface area contributed by atoms with Gasteiger partial charge in [0, 0.05) is 0 Å². The van der Waals surface area contributed by atoms with Crippen molar-refractivity contribution in [2.75, 3.05) is 13.7 Å². The summed E-state index contributed by atoms with van der Waals surface area (Å²) in [5, 5.41) is 3.92. The molecule has 0 aliphatic rings. The van der Waals surface area contributed by atoms with Crippen LogP contribution in [0.5, 0.6) is 11.5 Å². The number of hydrogen-bond donors (Lipinski definition) is 1. The van der Waals surface area contributed by atoms with Gasteiger partial charge in [-0.3, -0.25) is 4.79 Å². The van der Waals surface area contributed by atoms with Crippen LogP contribution in [-0.2, 0) is 4.79 Å². The van der Waals surface area contributed by atoms with E-state index in [1.54, 1.807) is 13.3 Å². The Bertz CT molecular complexity index is 737. The molecular formula is C18H19BrN2O3. The second-order valence-corrected chi connectivity index (χ2v) is 6.11. The molecule has 2 aromatic carbocycles. The van der Waals surface area contributed by atoms with E-state index in [9.17, 15) is 4.79 Å². The van der Waals surface area contributed by atoms with E-state index in [0.29, 0.717) is 5.75 Å². The number of carbonyl (C=O) groups is 1. The Labute approximate surface area is 149 Å². The maximum atomic E-state index is 11.8. The molecule has 24 heavy (non-hydrogen) atoms. The first-order valence-corrected chi connectivity index (χ1v) is 8.14. The lowest BCUT2D eigenvalue weighted by molar-refractivity contribution is -0.123. The molecule has 1 N–H and O–H groups in total. The fraction of sp³-hybridized carbons (Fsp3) is 0.222. The molecule has 0 saturated carbocycles. The van der Waals surface area contributed by atoms with Gasteiger partial charge in [0.1, 0.15) is 11.5 Å². The second-order valence-electron chi connectivity index (χ2n) is 5.25. The van der Waals surface area contributed by atoms with Crippen LogP contribution in [0.3, 0.4) is 0 Å². The minimum absolute atomic E-state index is 0.113. The number of hydrazone groups is 1. The number of halogens is 1. The first-order chi connectivity index (χ1) is 11.5. The minimum atomic E-state index is -0.332. The fourth-order valence-electron chi connectivity index (χ4n) is 2.16. The first-order valence-electron chi connectivity index (χ1n) is 7.35. The minimum Gasteiger partial charge on any atom is -0.497 e. The standard InChI is InChI=1S/C18H19BrN2O3/c1-12-7-13(2)18(16(19)8-12)24-11-17(22)21-20-10-14-5-4-6-15(9-14)23-3/h4-10H,11H2,1-3H3,(H,21,22)/b20-10-. The quantitative estimate of drug-likeness (QED) is 0.605. The molecule has 5 nitrogen and oxygen atoms in total. The van der Waals surface area contributed by atoms with E-state index in [0.717, 1.165) is 26.9 Å². The van der Waals surface area contributed by atoms with Gasteiger partial charge in [-0.05, 0) is 64.7 Å². The van der Waals surface area contributed by atoms with Crippen molar-refractivity contribution in [1.29, 1.82) is 0 Å². The summed E-state index contributed by atoms with van der Waals surface area (Å²) < 4.78 is 11.5. The molecule has 2 rings (SSSR count). The summed E-state index contributed by atoms with van der Waals surface area (Å²) in [7, 11) is 1.60. The summed E-state index contributed by atoms with van der Waals surface area (Å²) in [4.78, 5) is 11.8. The van der Waals surface area contributed by atoms with Crippen molar-refractivity contribution in [2.45, 2.75) is 13.8 Å². The number of ether oxygens (including phenoxy) is 2. The monoisotopic (exact) mass is 390 g/mol. The van der Waals surface area contributed by atoms with Gasteiger partial charge in [-0.25, -0.2) is 5.43 Å². The van der Waals surface area contributed by atoms with E-state index in [4.69, 9.17) is 9.47 Å². The molecule has 126 valence electrons. The summed E-state index contributed by atoms with van der Waals surface area (Å²) in [6, 6.07) is 11.3. The second kappa shape index (κ2) is 8.49. The highest BCUT2D eigenvalue weighted by atomic mass is 79.9. The molecule has 0 aliphatic carbocycles. The maximum absolute atomic E-state index is 11.8. The van der Waals surface area contributed by atoms with E-state index < -0.39 is 0 Å². The number of hydrogen-bond acceptors (Lipinski definition) is 4. The lowest BCUT2D eigenvalue weighted by Crippen LogP contribution is -2.24. The molecule has 0 atom stereocenters. The first kappa shape index (κ1) is 18.0. The summed E-state index contributed by atoms with van der Waals surface area (Å²) in [5.41, 5.74) is 5.36. The maximum Gasteiger partial charge on any atom is 0.277 e. The van der Waals surface area contributed by atoms with E-state index in [1.807, 2.05) is 50.2 Å². The van der Waals surface area contributed by atoms with Crippen LogP contribution in [0.25, 0.3) is 0 Å². The molecule has 0 unspecified atom stereocenters. The largest absolute Gasteiger partial charge is 0.497 e. The SMILES string of the molecule is COc1cccc(/C=N\NC(=O)COc2c(C)cc(C)cc2Br)c1. The highest BCUT2D eigenvalue weighted by Crippen LogP contribution is 2.30. The average Bonchev–Trinajstić information content (AvgIpc) is 2.54. The number of nitrogens with zero attached hydrogens (tertiary/aromatic N) is 1. The zero-order chi connectivity index (χ0) is 17.5. The van der Waals surface area contributed by atoms with Gasteiger partial charge in [-0.1, -0.05) is 18.2 Å². The van der Waals surface area contributed by atoms with Gasteiger partial charge in [0.2, 0.25) is 0 Å².